The second kappa shape index (κ2) is 7.83. The summed E-state index contributed by atoms with van der Waals surface area (Å²) in [6.45, 7) is 1.90. The molecule has 0 atom stereocenters. The molecule has 0 bridgehead atoms. The highest BCUT2D eigenvalue weighted by molar-refractivity contribution is 7.92. The lowest BCUT2D eigenvalue weighted by atomic mass is 10.1. The molecule has 0 saturated heterocycles. The van der Waals surface area contributed by atoms with E-state index in [4.69, 9.17) is 0 Å². The normalized spacial score (nSPS) is 11.7. The van der Waals surface area contributed by atoms with Crippen LogP contribution >= 0.6 is 0 Å². The van der Waals surface area contributed by atoms with Crippen LogP contribution in [0.4, 0.5) is 10.2 Å². The zero-order valence-corrected chi connectivity index (χ0v) is 17.3. The van der Waals surface area contributed by atoms with Gasteiger partial charge in [-0.2, -0.15) is 0 Å². The number of anilines is 1. The molecule has 4 rings (SSSR count). The summed E-state index contributed by atoms with van der Waals surface area (Å²) in [6, 6.07) is 10.6. The van der Waals surface area contributed by atoms with Gasteiger partial charge in [0.15, 0.2) is 0 Å². The van der Waals surface area contributed by atoms with Gasteiger partial charge in [-0.15, -0.1) is 0 Å². The Morgan fingerprint density at radius 2 is 1.93 bits per heavy atom. The lowest BCUT2D eigenvalue weighted by Gasteiger charge is -2.07. The van der Waals surface area contributed by atoms with Crippen molar-refractivity contribution in [3.8, 4) is 0 Å². The standard InChI is InChI=1S/C21H20FN5O2S/c1-13-9-17-18(25-13)5-4-15(21(17)22)11-16-7-8-23-20(26-16)10-14-3-6-19(24-12-14)27-30(2,28)29/h3-9,12,25H,10-11H2,1-2H3,(H,24,27). The summed E-state index contributed by atoms with van der Waals surface area (Å²) in [5, 5.41) is 0.577. The summed E-state index contributed by atoms with van der Waals surface area (Å²) < 4.78 is 39.7. The van der Waals surface area contributed by atoms with Crippen LogP contribution in [0, 0.1) is 12.7 Å². The molecule has 3 aromatic heterocycles. The van der Waals surface area contributed by atoms with Crippen LogP contribution in [-0.4, -0.2) is 34.6 Å². The third-order valence-electron chi connectivity index (χ3n) is 4.56. The number of pyridine rings is 1. The molecule has 2 N–H and O–H groups in total. The molecule has 0 fully saturated rings. The SMILES string of the molecule is Cc1cc2c(F)c(Cc3ccnc(Cc4ccc(NS(C)(=O)=O)nc4)n3)ccc2[nH]1. The van der Waals surface area contributed by atoms with Gasteiger partial charge in [0.2, 0.25) is 10.0 Å². The summed E-state index contributed by atoms with van der Waals surface area (Å²) in [5.74, 6) is 0.592. The predicted octanol–water partition coefficient (Wildman–Crippen LogP) is 3.35. The number of hydrogen-bond acceptors (Lipinski definition) is 5. The molecule has 1 aromatic carbocycles. The Hall–Kier alpha value is -3.33. The molecule has 3 heterocycles. The maximum Gasteiger partial charge on any atom is 0.230 e. The number of nitrogens with zero attached hydrogens (tertiary/aromatic N) is 3. The van der Waals surface area contributed by atoms with E-state index in [1.54, 1.807) is 42.7 Å². The highest BCUT2D eigenvalue weighted by Crippen LogP contribution is 2.23. The van der Waals surface area contributed by atoms with Gasteiger partial charge in [-0.3, -0.25) is 4.72 Å². The molecule has 0 unspecified atom stereocenters. The average Bonchev–Trinajstić information content (AvgIpc) is 3.06. The lowest BCUT2D eigenvalue weighted by molar-refractivity contribution is 0.606. The Labute approximate surface area is 173 Å². The summed E-state index contributed by atoms with van der Waals surface area (Å²) in [6.07, 6.45) is 5.09. The Morgan fingerprint density at radius 3 is 2.67 bits per heavy atom. The second-order valence-electron chi connectivity index (χ2n) is 7.20. The molecular weight excluding hydrogens is 405 g/mol. The van der Waals surface area contributed by atoms with Crippen molar-refractivity contribution in [3.63, 3.8) is 0 Å². The van der Waals surface area contributed by atoms with Crippen LogP contribution < -0.4 is 4.72 Å². The van der Waals surface area contributed by atoms with Crippen LogP contribution in [0.15, 0.2) is 48.8 Å². The Balaban J connectivity index is 1.51. The van der Waals surface area contributed by atoms with Crippen molar-refractivity contribution < 1.29 is 12.8 Å². The van der Waals surface area contributed by atoms with Crippen molar-refractivity contribution in [2.75, 3.05) is 11.0 Å². The molecule has 0 saturated carbocycles. The molecule has 0 amide bonds. The smallest absolute Gasteiger partial charge is 0.230 e. The first kappa shape index (κ1) is 20.0. The highest BCUT2D eigenvalue weighted by atomic mass is 32.2. The van der Waals surface area contributed by atoms with Gasteiger partial charge >= 0.3 is 0 Å². The number of nitrogens with one attached hydrogen (secondary N) is 2. The van der Waals surface area contributed by atoms with Gasteiger partial charge in [-0.05, 0) is 42.3 Å². The molecule has 0 aliphatic rings. The van der Waals surface area contributed by atoms with Crippen LogP contribution in [-0.2, 0) is 22.9 Å². The first-order valence-electron chi connectivity index (χ1n) is 9.27. The number of hydrogen-bond donors (Lipinski definition) is 2. The van der Waals surface area contributed by atoms with E-state index in [-0.39, 0.29) is 11.6 Å². The van der Waals surface area contributed by atoms with Gasteiger partial charge in [-0.1, -0.05) is 12.1 Å². The van der Waals surface area contributed by atoms with Crippen LogP contribution in [0.2, 0.25) is 0 Å². The zero-order valence-electron chi connectivity index (χ0n) is 16.5. The number of rotatable bonds is 6. The van der Waals surface area contributed by atoms with Crippen molar-refractivity contribution in [2.24, 2.45) is 0 Å². The number of aromatic amines is 1. The molecule has 0 spiro atoms. The van der Waals surface area contributed by atoms with E-state index in [0.717, 1.165) is 23.0 Å². The number of fused-ring (bicyclic) bond motifs is 1. The van der Waals surface area contributed by atoms with Gasteiger partial charge in [0.05, 0.1) is 6.26 Å². The third-order valence-corrected chi connectivity index (χ3v) is 5.14. The first-order chi connectivity index (χ1) is 14.3. The summed E-state index contributed by atoms with van der Waals surface area (Å²) in [7, 11) is -3.37. The van der Waals surface area contributed by atoms with Gasteiger partial charge in [0.25, 0.3) is 0 Å². The Kier molecular flexibility index (Phi) is 5.21. The van der Waals surface area contributed by atoms with E-state index in [0.29, 0.717) is 35.3 Å². The molecule has 0 aliphatic heterocycles. The van der Waals surface area contributed by atoms with E-state index in [1.165, 1.54) is 0 Å². The number of halogens is 1. The van der Waals surface area contributed by atoms with Crippen molar-refractivity contribution in [1.29, 1.82) is 0 Å². The van der Waals surface area contributed by atoms with E-state index < -0.39 is 10.0 Å². The van der Waals surface area contributed by atoms with Crippen molar-refractivity contribution in [3.05, 3.63) is 82.9 Å². The molecular formula is C21H20FN5O2S. The molecule has 30 heavy (non-hydrogen) atoms. The largest absolute Gasteiger partial charge is 0.359 e. The van der Waals surface area contributed by atoms with Crippen molar-refractivity contribution >= 4 is 26.7 Å². The van der Waals surface area contributed by atoms with Gasteiger partial charge in [0, 0.05) is 47.5 Å². The van der Waals surface area contributed by atoms with Crippen LogP contribution in [0.3, 0.4) is 0 Å². The lowest BCUT2D eigenvalue weighted by Crippen LogP contribution is -2.10. The van der Waals surface area contributed by atoms with Crippen molar-refractivity contribution in [1.82, 2.24) is 19.9 Å². The molecule has 0 aliphatic carbocycles. The summed E-state index contributed by atoms with van der Waals surface area (Å²) >= 11 is 0. The van der Waals surface area contributed by atoms with E-state index in [1.807, 2.05) is 13.0 Å². The number of H-pyrrole nitrogens is 1. The number of aromatic nitrogens is 4. The third kappa shape index (κ3) is 4.62. The first-order valence-corrected chi connectivity index (χ1v) is 11.2. The maximum atomic E-state index is 14.9. The molecule has 9 heteroatoms. The van der Waals surface area contributed by atoms with E-state index in [9.17, 15) is 12.8 Å². The summed E-state index contributed by atoms with van der Waals surface area (Å²) in [4.78, 5) is 16.1. The minimum Gasteiger partial charge on any atom is -0.359 e. The maximum absolute atomic E-state index is 14.9. The topological polar surface area (TPSA) is 101 Å². The minimum absolute atomic E-state index is 0.241. The van der Waals surface area contributed by atoms with Gasteiger partial charge in [0.1, 0.15) is 17.5 Å². The quantitative estimate of drug-likeness (QED) is 0.493. The van der Waals surface area contributed by atoms with E-state index >= 15 is 0 Å². The summed E-state index contributed by atoms with van der Waals surface area (Å²) in [5.41, 5.74) is 3.81. The van der Waals surface area contributed by atoms with Crippen LogP contribution in [0.5, 0.6) is 0 Å². The fourth-order valence-corrected chi connectivity index (χ4v) is 3.77. The zero-order chi connectivity index (χ0) is 21.3. The van der Waals surface area contributed by atoms with E-state index in [2.05, 4.69) is 24.7 Å². The van der Waals surface area contributed by atoms with Gasteiger partial charge in [-0.25, -0.2) is 27.8 Å². The monoisotopic (exact) mass is 425 g/mol. The number of benzene rings is 1. The number of sulfonamides is 1. The van der Waals surface area contributed by atoms with Crippen LogP contribution in [0.1, 0.15) is 28.3 Å². The van der Waals surface area contributed by atoms with Crippen LogP contribution in [0.25, 0.3) is 10.9 Å². The Morgan fingerprint density at radius 1 is 1.10 bits per heavy atom. The molecule has 4 aromatic rings. The molecule has 154 valence electrons. The number of aryl methyl sites for hydroxylation is 1. The second-order valence-corrected chi connectivity index (χ2v) is 8.94. The predicted molar refractivity (Wildman–Crippen MR) is 113 cm³/mol. The van der Waals surface area contributed by atoms with Gasteiger partial charge < -0.3 is 4.98 Å². The average molecular weight is 425 g/mol. The highest BCUT2D eigenvalue weighted by Gasteiger charge is 2.11. The minimum atomic E-state index is -3.37. The fourth-order valence-electron chi connectivity index (χ4n) is 3.27. The van der Waals surface area contributed by atoms with Crippen molar-refractivity contribution in [2.45, 2.75) is 19.8 Å². The Bertz CT molecular complexity index is 1320. The molecule has 0 radical (unpaired) electrons. The molecule has 7 nitrogen and oxygen atoms in total. The fraction of sp³-hybridized carbons (Fsp3) is 0.190.